The molecule has 2 saturated heterocycles. The lowest BCUT2D eigenvalue weighted by atomic mass is 9.86. The summed E-state index contributed by atoms with van der Waals surface area (Å²) in [7, 11) is 0. The standard InChI is InChI=1S/C20H24N6/c1-13-4-19(24-18-3-2-16-9-22-10-17(16)6-18)25-20(23-13)26-11-14-5-15(12-26)8-21-7-14/h2-4,6,10,14-15,21H,5,7-9,11-12H2,1H3,(H,23,24,25). The van der Waals surface area contributed by atoms with Gasteiger partial charge in [0.1, 0.15) is 5.82 Å². The first-order valence-corrected chi connectivity index (χ1v) is 9.44. The van der Waals surface area contributed by atoms with Crippen molar-refractivity contribution < 1.29 is 0 Å². The lowest BCUT2D eigenvalue weighted by Crippen LogP contribution is -2.51. The molecule has 2 N–H and O–H groups in total. The second-order valence-corrected chi connectivity index (χ2v) is 7.73. The fourth-order valence-corrected chi connectivity index (χ4v) is 4.35. The highest BCUT2D eigenvalue weighted by atomic mass is 15.3. The van der Waals surface area contributed by atoms with Gasteiger partial charge >= 0.3 is 0 Å². The van der Waals surface area contributed by atoms with Gasteiger partial charge in [0.25, 0.3) is 0 Å². The number of nitrogens with one attached hydrogen (secondary N) is 2. The molecule has 26 heavy (non-hydrogen) atoms. The first kappa shape index (κ1) is 15.8. The molecule has 2 aromatic rings. The third-order valence-corrected chi connectivity index (χ3v) is 5.53. The average Bonchev–Trinajstić information content (AvgIpc) is 3.08. The van der Waals surface area contributed by atoms with Crippen LogP contribution in [0, 0.1) is 18.8 Å². The molecule has 2 bridgehead atoms. The van der Waals surface area contributed by atoms with Crippen molar-refractivity contribution in [2.24, 2.45) is 16.8 Å². The van der Waals surface area contributed by atoms with Gasteiger partial charge in [-0.25, -0.2) is 4.98 Å². The molecule has 0 aliphatic carbocycles. The number of hydrogen-bond donors (Lipinski definition) is 2. The van der Waals surface area contributed by atoms with Gasteiger partial charge in [-0.1, -0.05) is 6.07 Å². The predicted octanol–water partition coefficient (Wildman–Crippen LogP) is 2.51. The average molecular weight is 348 g/mol. The Morgan fingerprint density at radius 2 is 1.96 bits per heavy atom. The number of anilines is 3. The van der Waals surface area contributed by atoms with E-state index >= 15 is 0 Å². The molecule has 1 aromatic carbocycles. The highest BCUT2D eigenvalue weighted by Crippen LogP contribution is 2.28. The quantitative estimate of drug-likeness (QED) is 0.892. The monoisotopic (exact) mass is 348 g/mol. The lowest BCUT2D eigenvalue weighted by molar-refractivity contribution is 0.248. The Balaban J connectivity index is 1.39. The fraction of sp³-hybridized carbons (Fsp3) is 0.450. The molecule has 6 nitrogen and oxygen atoms in total. The Hall–Kier alpha value is -2.47. The van der Waals surface area contributed by atoms with Gasteiger partial charge in [-0.2, -0.15) is 4.98 Å². The third kappa shape index (κ3) is 3.05. The summed E-state index contributed by atoms with van der Waals surface area (Å²) in [6, 6.07) is 8.39. The van der Waals surface area contributed by atoms with Crippen molar-refractivity contribution in [2.45, 2.75) is 19.9 Å². The van der Waals surface area contributed by atoms with Crippen LogP contribution in [0.1, 0.15) is 23.2 Å². The van der Waals surface area contributed by atoms with Crippen LogP contribution in [0.15, 0.2) is 29.3 Å². The number of fused-ring (bicyclic) bond motifs is 3. The summed E-state index contributed by atoms with van der Waals surface area (Å²) in [6.07, 6.45) is 3.27. The molecule has 0 spiro atoms. The molecule has 0 radical (unpaired) electrons. The Morgan fingerprint density at radius 1 is 1.12 bits per heavy atom. The molecule has 2 fully saturated rings. The molecule has 2 atom stereocenters. The number of nitrogens with zero attached hydrogens (tertiary/aromatic N) is 4. The largest absolute Gasteiger partial charge is 0.340 e. The zero-order chi connectivity index (χ0) is 17.5. The van der Waals surface area contributed by atoms with E-state index in [4.69, 9.17) is 9.97 Å². The van der Waals surface area contributed by atoms with E-state index in [-0.39, 0.29) is 0 Å². The number of aryl methyl sites for hydroxylation is 1. The van der Waals surface area contributed by atoms with Crippen molar-refractivity contribution in [1.29, 1.82) is 0 Å². The molecule has 4 heterocycles. The molecule has 5 rings (SSSR count). The zero-order valence-corrected chi connectivity index (χ0v) is 15.1. The van der Waals surface area contributed by atoms with Gasteiger partial charge in [-0.05, 0) is 61.5 Å². The van der Waals surface area contributed by atoms with E-state index in [1.807, 2.05) is 19.2 Å². The van der Waals surface area contributed by atoms with E-state index in [1.54, 1.807) is 0 Å². The summed E-state index contributed by atoms with van der Waals surface area (Å²) in [5, 5.41) is 7.00. The van der Waals surface area contributed by atoms with Gasteiger partial charge in [0.15, 0.2) is 0 Å². The van der Waals surface area contributed by atoms with Gasteiger partial charge in [-0.15, -0.1) is 0 Å². The van der Waals surface area contributed by atoms with E-state index < -0.39 is 0 Å². The Morgan fingerprint density at radius 3 is 2.81 bits per heavy atom. The van der Waals surface area contributed by atoms with Crippen molar-refractivity contribution in [2.75, 3.05) is 36.4 Å². The summed E-state index contributed by atoms with van der Waals surface area (Å²) >= 11 is 0. The van der Waals surface area contributed by atoms with Gasteiger partial charge in [0, 0.05) is 36.8 Å². The third-order valence-electron chi connectivity index (χ3n) is 5.53. The van der Waals surface area contributed by atoms with Crippen molar-refractivity contribution in [3.63, 3.8) is 0 Å². The number of hydrogen-bond acceptors (Lipinski definition) is 6. The number of rotatable bonds is 3. The second kappa shape index (κ2) is 6.36. The van der Waals surface area contributed by atoms with Gasteiger partial charge in [-0.3, -0.25) is 4.99 Å². The van der Waals surface area contributed by atoms with Crippen LogP contribution in [0.2, 0.25) is 0 Å². The minimum absolute atomic E-state index is 0.707. The van der Waals surface area contributed by atoms with E-state index in [9.17, 15) is 0 Å². The molecular weight excluding hydrogens is 324 g/mol. The van der Waals surface area contributed by atoms with Crippen molar-refractivity contribution in [1.82, 2.24) is 15.3 Å². The Kier molecular flexibility index (Phi) is 3.85. The first-order chi connectivity index (χ1) is 12.7. The van der Waals surface area contributed by atoms with Crippen LogP contribution in [0.4, 0.5) is 17.5 Å². The molecule has 2 unspecified atom stereocenters. The molecule has 3 aliphatic rings. The summed E-state index contributed by atoms with van der Waals surface area (Å²) in [6.45, 7) is 7.14. The predicted molar refractivity (Wildman–Crippen MR) is 104 cm³/mol. The van der Waals surface area contributed by atoms with Crippen molar-refractivity contribution in [3.05, 3.63) is 41.1 Å². The van der Waals surface area contributed by atoms with Crippen LogP contribution in [0.25, 0.3) is 0 Å². The Labute approximate surface area is 153 Å². The molecular formula is C20H24N6. The fourth-order valence-electron chi connectivity index (χ4n) is 4.35. The molecule has 6 heteroatoms. The number of benzene rings is 1. The topological polar surface area (TPSA) is 65.4 Å². The van der Waals surface area contributed by atoms with Crippen molar-refractivity contribution >= 4 is 23.7 Å². The summed E-state index contributed by atoms with van der Waals surface area (Å²) in [5.41, 5.74) is 4.51. The highest BCUT2D eigenvalue weighted by Gasteiger charge is 2.31. The van der Waals surface area contributed by atoms with Crippen LogP contribution in [0.5, 0.6) is 0 Å². The van der Waals surface area contributed by atoms with Crippen LogP contribution in [-0.4, -0.2) is 42.4 Å². The second-order valence-electron chi connectivity index (χ2n) is 7.73. The molecule has 0 amide bonds. The summed E-state index contributed by atoms with van der Waals surface area (Å²) in [5.74, 6) is 3.13. The van der Waals surface area contributed by atoms with Crippen LogP contribution in [0.3, 0.4) is 0 Å². The molecule has 1 aromatic heterocycles. The number of aliphatic imine (C=N–C) groups is 1. The molecule has 134 valence electrons. The van der Waals surface area contributed by atoms with Crippen molar-refractivity contribution in [3.8, 4) is 0 Å². The minimum Gasteiger partial charge on any atom is -0.340 e. The summed E-state index contributed by atoms with van der Waals surface area (Å²) in [4.78, 5) is 16.2. The minimum atomic E-state index is 0.707. The SMILES string of the molecule is Cc1cc(Nc2ccc3c(c2)C=NC3)nc(N2CC3CNCC(C3)C2)n1. The van der Waals surface area contributed by atoms with Gasteiger partial charge in [0.2, 0.25) is 5.95 Å². The lowest BCUT2D eigenvalue weighted by Gasteiger charge is -2.41. The van der Waals surface area contributed by atoms with Crippen LogP contribution < -0.4 is 15.5 Å². The Bertz CT molecular complexity index is 849. The maximum Gasteiger partial charge on any atom is 0.227 e. The molecule has 3 aliphatic heterocycles. The highest BCUT2D eigenvalue weighted by molar-refractivity contribution is 5.86. The van der Waals surface area contributed by atoms with E-state index in [1.165, 1.54) is 17.5 Å². The maximum atomic E-state index is 4.82. The van der Waals surface area contributed by atoms with Crippen LogP contribution >= 0.6 is 0 Å². The molecule has 0 saturated carbocycles. The normalized spacial score (nSPS) is 23.8. The number of aromatic nitrogens is 2. The zero-order valence-electron chi connectivity index (χ0n) is 15.1. The maximum absolute atomic E-state index is 4.82. The van der Waals surface area contributed by atoms with Gasteiger partial charge < -0.3 is 15.5 Å². The van der Waals surface area contributed by atoms with E-state index in [0.29, 0.717) is 11.8 Å². The summed E-state index contributed by atoms with van der Waals surface area (Å²) < 4.78 is 0. The smallest absolute Gasteiger partial charge is 0.227 e. The number of piperidine rings is 2. The van der Waals surface area contributed by atoms with E-state index in [2.05, 4.69) is 38.7 Å². The first-order valence-electron chi connectivity index (χ1n) is 9.44. The van der Waals surface area contributed by atoms with Gasteiger partial charge in [0.05, 0.1) is 6.54 Å². The van der Waals surface area contributed by atoms with E-state index in [0.717, 1.165) is 55.9 Å². The van der Waals surface area contributed by atoms with Crippen LogP contribution in [-0.2, 0) is 6.54 Å².